The van der Waals surface area contributed by atoms with Crippen LogP contribution in [0, 0.1) is 5.92 Å². The molecule has 0 unspecified atom stereocenters. The van der Waals surface area contributed by atoms with E-state index < -0.39 is 0 Å². The van der Waals surface area contributed by atoms with Crippen LogP contribution in [0.25, 0.3) is 0 Å². The van der Waals surface area contributed by atoms with E-state index in [1.54, 1.807) is 12.1 Å². The van der Waals surface area contributed by atoms with Gasteiger partial charge in [0.15, 0.2) is 0 Å². The van der Waals surface area contributed by atoms with Crippen LogP contribution in [0.4, 0.5) is 0 Å². The summed E-state index contributed by atoms with van der Waals surface area (Å²) in [5.74, 6) is 2.41. The molecule has 0 aromatic heterocycles. The fourth-order valence-corrected chi connectivity index (χ4v) is 4.83. The molecule has 0 atom stereocenters. The van der Waals surface area contributed by atoms with Gasteiger partial charge >= 0.3 is 5.97 Å². The van der Waals surface area contributed by atoms with Crippen LogP contribution in [0.3, 0.4) is 0 Å². The minimum atomic E-state index is -0.334. The second-order valence-electron chi connectivity index (χ2n) is 9.93. The largest absolute Gasteiger partial charge is 0.494 e. The average Bonchev–Trinajstić information content (AvgIpc) is 2.89. The molecule has 0 amide bonds. The standard InChI is InChI=1S/C32H44O3/c1-3-5-7-8-9-11-25-34-30-21-19-29(20-22-30)32(33)35-31-23-17-28(18-24-31)27-15-13-26(14-16-27)12-10-6-4-2/h10,12,17-24,26-27H,3-9,11,13-16,25H2,1-2H3/b12-10+/t26-,27-. The van der Waals surface area contributed by atoms with E-state index in [2.05, 4.69) is 38.1 Å². The molecule has 0 bridgehead atoms. The SMILES string of the molecule is CCC/C=C/[C@H]1CC[C@H](c2ccc(OC(=O)c3ccc(OCCCCCCCC)cc3)cc2)CC1. The highest BCUT2D eigenvalue weighted by Gasteiger charge is 2.21. The van der Waals surface area contributed by atoms with Crippen molar-refractivity contribution in [3.8, 4) is 11.5 Å². The first-order valence-electron chi connectivity index (χ1n) is 13.9. The molecule has 0 radical (unpaired) electrons. The number of carbonyl (C=O) groups is 1. The Balaban J connectivity index is 1.40. The van der Waals surface area contributed by atoms with Crippen LogP contribution in [0.5, 0.6) is 11.5 Å². The highest BCUT2D eigenvalue weighted by atomic mass is 16.5. The molecule has 1 fully saturated rings. The van der Waals surface area contributed by atoms with E-state index in [1.807, 2.05) is 24.3 Å². The molecule has 0 aliphatic heterocycles. The van der Waals surface area contributed by atoms with E-state index in [9.17, 15) is 4.79 Å². The van der Waals surface area contributed by atoms with E-state index in [0.29, 0.717) is 17.2 Å². The summed E-state index contributed by atoms with van der Waals surface area (Å²) >= 11 is 0. The van der Waals surface area contributed by atoms with E-state index in [0.717, 1.165) is 24.7 Å². The molecule has 3 rings (SSSR count). The lowest BCUT2D eigenvalue weighted by atomic mass is 9.78. The molecule has 0 saturated heterocycles. The first-order chi connectivity index (χ1) is 17.2. The molecule has 1 aliphatic rings. The quantitative estimate of drug-likeness (QED) is 0.118. The van der Waals surface area contributed by atoms with Gasteiger partial charge in [0.1, 0.15) is 11.5 Å². The summed E-state index contributed by atoms with van der Waals surface area (Å²) in [6.45, 7) is 5.18. The van der Waals surface area contributed by atoms with Gasteiger partial charge in [0.25, 0.3) is 0 Å². The predicted molar refractivity (Wildman–Crippen MR) is 145 cm³/mol. The van der Waals surface area contributed by atoms with E-state index in [-0.39, 0.29) is 5.97 Å². The third-order valence-electron chi connectivity index (χ3n) is 7.05. The number of hydrogen-bond acceptors (Lipinski definition) is 3. The van der Waals surface area contributed by atoms with E-state index >= 15 is 0 Å². The number of hydrogen-bond donors (Lipinski definition) is 0. The smallest absolute Gasteiger partial charge is 0.343 e. The van der Waals surface area contributed by atoms with Crippen LogP contribution >= 0.6 is 0 Å². The Kier molecular flexibility index (Phi) is 11.9. The Hall–Kier alpha value is -2.55. The van der Waals surface area contributed by atoms with Gasteiger partial charge in [-0.05, 0) is 92.3 Å². The predicted octanol–water partition coefficient (Wildman–Crippen LogP) is 9.28. The van der Waals surface area contributed by atoms with Crippen LogP contribution in [0.15, 0.2) is 60.7 Å². The maximum Gasteiger partial charge on any atom is 0.343 e. The lowest BCUT2D eigenvalue weighted by Gasteiger charge is -2.27. The van der Waals surface area contributed by atoms with Gasteiger partial charge in [-0.15, -0.1) is 0 Å². The Morgan fingerprint density at radius 3 is 2.14 bits per heavy atom. The Morgan fingerprint density at radius 2 is 1.46 bits per heavy atom. The molecule has 0 N–H and O–H groups in total. The van der Waals surface area contributed by atoms with E-state index in [1.165, 1.54) is 76.2 Å². The van der Waals surface area contributed by atoms with Crippen molar-refractivity contribution in [1.29, 1.82) is 0 Å². The minimum absolute atomic E-state index is 0.334. The molecule has 35 heavy (non-hydrogen) atoms. The Bertz CT molecular complexity index is 874. The van der Waals surface area contributed by atoms with Crippen molar-refractivity contribution in [3.05, 3.63) is 71.8 Å². The Morgan fingerprint density at radius 1 is 0.800 bits per heavy atom. The summed E-state index contributed by atoms with van der Waals surface area (Å²) in [5.41, 5.74) is 1.89. The van der Waals surface area contributed by atoms with Crippen molar-refractivity contribution in [2.45, 2.75) is 96.8 Å². The second-order valence-corrected chi connectivity index (χ2v) is 9.93. The molecule has 3 heteroatoms. The van der Waals surface area contributed by atoms with Gasteiger partial charge in [0.2, 0.25) is 0 Å². The first kappa shape index (κ1) is 27.0. The van der Waals surface area contributed by atoms with Gasteiger partial charge in [-0.2, -0.15) is 0 Å². The third kappa shape index (κ3) is 9.55. The number of rotatable bonds is 14. The fourth-order valence-electron chi connectivity index (χ4n) is 4.83. The number of benzene rings is 2. The third-order valence-corrected chi connectivity index (χ3v) is 7.05. The van der Waals surface area contributed by atoms with E-state index in [4.69, 9.17) is 9.47 Å². The van der Waals surface area contributed by atoms with Crippen molar-refractivity contribution in [3.63, 3.8) is 0 Å². The van der Waals surface area contributed by atoms with Crippen LogP contribution in [-0.2, 0) is 0 Å². The lowest BCUT2D eigenvalue weighted by Crippen LogP contribution is -2.12. The number of unbranched alkanes of at least 4 members (excludes halogenated alkanes) is 6. The summed E-state index contributed by atoms with van der Waals surface area (Å²) in [4.78, 5) is 12.6. The van der Waals surface area contributed by atoms with Gasteiger partial charge in [-0.1, -0.05) is 76.7 Å². The molecule has 0 heterocycles. The molecule has 2 aromatic rings. The highest BCUT2D eigenvalue weighted by molar-refractivity contribution is 5.91. The zero-order chi connectivity index (χ0) is 24.7. The lowest BCUT2D eigenvalue weighted by molar-refractivity contribution is 0.0734. The van der Waals surface area contributed by atoms with Crippen LogP contribution in [0.2, 0.25) is 0 Å². The average molecular weight is 477 g/mol. The molecular weight excluding hydrogens is 432 g/mol. The number of ether oxygens (including phenoxy) is 2. The zero-order valence-electron chi connectivity index (χ0n) is 21.8. The molecular formula is C32H44O3. The van der Waals surface area contributed by atoms with Gasteiger partial charge in [-0.25, -0.2) is 4.79 Å². The summed E-state index contributed by atoms with van der Waals surface area (Å²) in [6, 6.07) is 15.4. The zero-order valence-corrected chi connectivity index (χ0v) is 21.8. The van der Waals surface area contributed by atoms with Crippen LogP contribution in [0.1, 0.15) is 113 Å². The number of esters is 1. The monoisotopic (exact) mass is 476 g/mol. The van der Waals surface area contributed by atoms with Gasteiger partial charge in [0.05, 0.1) is 12.2 Å². The van der Waals surface area contributed by atoms with Gasteiger partial charge < -0.3 is 9.47 Å². The van der Waals surface area contributed by atoms with Crippen molar-refractivity contribution in [1.82, 2.24) is 0 Å². The normalized spacial score (nSPS) is 18.0. The molecule has 2 aromatic carbocycles. The first-order valence-corrected chi connectivity index (χ1v) is 13.9. The Labute approximate surface area is 212 Å². The molecule has 1 aliphatic carbocycles. The van der Waals surface area contributed by atoms with Crippen molar-refractivity contribution < 1.29 is 14.3 Å². The minimum Gasteiger partial charge on any atom is -0.494 e. The fraction of sp³-hybridized carbons (Fsp3) is 0.531. The topological polar surface area (TPSA) is 35.5 Å². The van der Waals surface area contributed by atoms with Crippen molar-refractivity contribution in [2.75, 3.05) is 6.61 Å². The number of carbonyl (C=O) groups excluding carboxylic acids is 1. The summed E-state index contributed by atoms with van der Waals surface area (Å²) in [6.07, 6.45) is 19.6. The maximum absolute atomic E-state index is 12.6. The van der Waals surface area contributed by atoms with Gasteiger partial charge in [-0.3, -0.25) is 0 Å². The molecule has 0 spiro atoms. The van der Waals surface area contributed by atoms with Crippen LogP contribution in [-0.4, -0.2) is 12.6 Å². The van der Waals surface area contributed by atoms with Crippen molar-refractivity contribution >= 4 is 5.97 Å². The van der Waals surface area contributed by atoms with Crippen molar-refractivity contribution in [2.24, 2.45) is 5.92 Å². The second kappa shape index (κ2) is 15.4. The molecule has 3 nitrogen and oxygen atoms in total. The van der Waals surface area contributed by atoms with Crippen LogP contribution < -0.4 is 9.47 Å². The molecule has 1 saturated carbocycles. The summed E-state index contributed by atoms with van der Waals surface area (Å²) in [7, 11) is 0. The molecule has 190 valence electrons. The van der Waals surface area contributed by atoms with Gasteiger partial charge in [0, 0.05) is 0 Å². The number of allylic oxidation sites excluding steroid dienone is 2. The highest BCUT2D eigenvalue weighted by Crippen LogP contribution is 2.37. The summed E-state index contributed by atoms with van der Waals surface area (Å²) in [5, 5.41) is 0. The maximum atomic E-state index is 12.6. The summed E-state index contributed by atoms with van der Waals surface area (Å²) < 4.78 is 11.4.